The number of ether oxygens (including phenoxy) is 1. The van der Waals surface area contributed by atoms with E-state index in [0.717, 1.165) is 6.07 Å². The minimum atomic E-state index is -0.746. The Kier molecular flexibility index (Phi) is 5.52. The second-order valence-electron chi connectivity index (χ2n) is 3.67. The maximum atomic E-state index is 11.6. The van der Waals surface area contributed by atoms with Crippen LogP contribution in [-0.2, 0) is 9.53 Å². The first kappa shape index (κ1) is 14.7. The molecule has 0 fully saturated rings. The van der Waals surface area contributed by atoms with Crippen molar-refractivity contribution in [2.75, 3.05) is 13.2 Å². The van der Waals surface area contributed by atoms with Crippen molar-refractivity contribution in [2.24, 2.45) is 0 Å². The molecule has 1 amide bonds. The average Bonchev–Trinajstić information content (AvgIpc) is 2.33. The molecule has 0 atom stereocenters. The van der Waals surface area contributed by atoms with Crippen molar-refractivity contribution in [3.05, 3.63) is 32.6 Å². The number of carbonyl (C=O) groups is 2. The molecule has 1 aromatic heterocycles. The average molecular weight is 269 g/mol. The van der Waals surface area contributed by atoms with Crippen LogP contribution in [-0.4, -0.2) is 35.0 Å². The SMILES string of the molecule is CCOC(=O)CCCNC(=O)c1cc(=O)[nH]c(=O)[nH]1. The van der Waals surface area contributed by atoms with Gasteiger partial charge >= 0.3 is 11.7 Å². The van der Waals surface area contributed by atoms with Gasteiger partial charge in [-0.3, -0.25) is 19.4 Å². The number of carbonyl (C=O) groups excluding carboxylic acids is 2. The highest BCUT2D eigenvalue weighted by Crippen LogP contribution is 1.92. The predicted octanol–water partition coefficient (Wildman–Crippen LogP) is -0.864. The van der Waals surface area contributed by atoms with Crippen LogP contribution in [0.15, 0.2) is 15.7 Å². The summed E-state index contributed by atoms with van der Waals surface area (Å²) >= 11 is 0. The number of hydrogen-bond donors (Lipinski definition) is 3. The molecule has 0 saturated carbocycles. The molecule has 0 aliphatic carbocycles. The predicted molar refractivity (Wildman–Crippen MR) is 65.9 cm³/mol. The highest BCUT2D eigenvalue weighted by atomic mass is 16.5. The van der Waals surface area contributed by atoms with Crippen LogP contribution in [0.3, 0.4) is 0 Å². The lowest BCUT2D eigenvalue weighted by Gasteiger charge is -2.04. The van der Waals surface area contributed by atoms with E-state index < -0.39 is 17.2 Å². The van der Waals surface area contributed by atoms with E-state index in [1.165, 1.54) is 0 Å². The van der Waals surface area contributed by atoms with Crippen LogP contribution >= 0.6 is 0 Å². The zero-order valence-corrected chi connectivity index (χ0v) is 10.4. The number of H-pyrrole nitrogens is 2. The number of nitrogens with one attached hydrogen (secondary N) is 3. The third-order valence-electron chi connectivity index (χ3n) is 2.15. The maximum Gasteiger partial charge on any atom is 0.326 e. The van der Waals surface area contributed by atoms with E-state index in [1.54, 1.807) is 6.92 Å². The van der Waals surface area contributed by atoms with E-state index in [1.807, 2.05) is 4.98 Å². The molecule has 104 valence electrons. The van der Waals surface area contributed by atoms with Gasteiger partial charge in [-0.2, -0.15) is 0 Å². The summed E-state index contributed by atoms with van der Waals surface area (Å²) in [6.45, 7) is 2.27. The van der Waals surface area contributed by atoms with Crippen molar-refractivity contribution < 1.29 is 14.3 Å². The van der Waals surface area contributed by atoms with Crippen molar-refractivity contribution in [2.45, 2.75) is 19.8 Å². The van der Waals surface area contributed by atoms with Crippen LogP contribution < -0.4 is 16.6 Å². The molecule has 8 nitrogen and oxygen atoms in total. The Hall–Kier alpha value is -2.38. The molecule has 0 spiro atoms. The van der Waals surface area contributed by atoms with E-state index in [0.29, 0.717) is 13.0 Å². The number of hydrogen-bond acceptors (Lipinski definition) is 5. The van der Waals surface area contributed by atoms with Crippen LogP contribution in [0.2, 0.25) is 0 Å². The van der Waals surface area contributed by atoms with Gasteiger partial charge < -0.3 is 15.0 Å². The Morgan fingerprint density at radius 1 is 1.32 bits per heavy atom. The monoisotopic (exact) mass is 269 g/mol. The van der Waals surface area contributed by atoms with Gasteiger partial charge in [-0.25, -0.2) is 4.79 Å². The fourth-order valence-electron chi connectivity index (χ4n) is 1.35. The lowest BCUT2D eigenvalue weighted by Crippen LogP contribution is -2.31. The Morgan fingerprint density at radius 3 is 2.68 bits per heavy atom. The normalized spacial score (nSPS) is 9.95. The van der Waals surface area contributed by atoms with Crippen LogP contribution in [0.1, 0.15) is 30.3 Å². The van der Waals surface area contributed by atoms with Gasteiger partial charge in [-0.1, -0.05) is 0 Å². The highest BCUT2D eigenvalue weighted by molar-refractivity contribution is 5.92. The fraction of sp³-hybridized carbons (Fsp3) is 0.455. The molecule has 19 heavy (non-hydrogen) atoms. The van der Waals surface area contributed by atoms with E-state index in [2.05, 4.69) is 10.3 Å². The van der Waals surface area contributed by atoms with Crippen molar-refractivity contribution in [3.63, 3.8) is 0 Å². The first-order valence-corrected chi connectivity index (χ1v) is 5.80. The van der Waals surface area contributed by atoms with Gasteiger partial charge in [0.2, 0.25) is 0 Å². The second-order valence-corrected chi connectivity index (χ2v) is 3.67. The van der Waals surface area contributed by atoms with E-state index in [4.69, 9.17) is 4.74 Å². The summed E-state index contributed by atoms with van der Waals surface area (Å²) in [6.07, 6.45) is 0.609. The number of aromatic amines is 2. The largest absolute Gasteiger partial charge is 0.466 e. The van der Waals surface area contributed by atoms with Gasteiger partial charge in [-0.15, -0.1) is 0 Å². The molecule has 0 unspecified atom stereocenters. The quantitative estimate of drug-likeness (QED) is 0.458. The van der Waals surface area contributed by atoms with Crippen LogP contribution in [0.4, 0.5) is 0 Å². The minimum Gasteiger partial charge on any atom is -0.466 e. The Morgan fingerprint density at radius 2 is 2.05 bits per heavy atom. The molecule has 1 rings (SSSR count). The molecule has 1 aromatic rings. The summed E-state index contributed by atoms with van der Waals surface area (Å²) < 4.78 is 4.72. The molecule has 0 bridgehead atoms. The molecule has 3 N–H and O–H groups in total. The molecule has 8 heteroatoms. The van der Waals surface area contributed by atoms with Crippen molar-refractivity contribution in [3.8, 4) is 0 Å². The summed E-state index contributed by atoms with van der Waals surface area (Å²) in [5.74, 6) is -0.909. The summed E-state index contributed by atoms with van der Waals surface area (Å²) in [4.78, 5) is 48.7. The smallest absolute Gasteiger partial charge is 0.326 e. The van der Waals surface area contributed by atoms with Gasteiger partial charge in [0.1, 0.15) is 5.69 Å². The van der Waals surface area contributed by atoms with Crippen molar-refractivity contribution in [1.82, 2.24) is 15.3 Å². The number of esters is 1. The first-order chi connectivity index (χ1) is 9.02. The molecule has 0 radical (unpaired) electrons. The third kappa shape index (κ3) is 5.19. The third-order valence-corrected chi connectivity index (χ3v) is 2.15. The van der Waals surface area contributed by atoms with Gasteiger partial charge in [0.25, 0.3) is 11.5 Å². The van der Waals surface area contributed by atoms with Crippen LogP contribution in [0.5, 0.6) is 0 Å². The number of rotatable bonds is 6. The van der Waals surface area contributed by atoms with Gasteiger partial charge in [0.05, 0.1) is 6.61 Å². The topological polar surface area (TPSA) is 121 Å². The summed E-state index contributed by atoms with van der Waals surface area (Å²) in [7, 11) is 0. The zero-order chi connectivity index (χ0) is 14.3. The molecule has 0 aliphatic rings. The lowest BCUT2D eigenvalue weighted by atomic mass is 10.3. The second kappa shape index (κ2) is 7.14. The fourth-order valence-corrected chi connectivity index (χ4v) is 1.35. The van der Waals surface area contributed by atoms with E-state index in [-0.39, 0.29) is 24.6 Å². The van der Waals surface area contributed by atoms with Gasteiger partial charge in [-0.05, 0) is 13.3 Å². The standard InChI is InChI=1S/C11H15N3O5/c1-2-19-9(16)4-3-5-12-10(17)7-6-8(15)14-11(18)13-7/h6H,2-5H2,1H3,(H,12,17)(H2,13,14,15,18). The highest BCUT2D eigenvalue weighted by Gasteiger charge is 2.08. The van der Waals surface area contributed by atoms with Crippen molar-refractivity contribution in [1.29, 1.82) is 0 Å². The lowest BCUT2D eigenvalue weighted by molar-refractivity contribution is -0.143. The molecular weight excluding hydrogens is 254 g/mol. The Labute approximate surface area is 108 Å². The van der Waals surface area contributed by atoms with Crippen LogP contribution in [0, 0.1) is 0 Å². The van der Waals surface area contributed by atoms with Crippen LogP contribution in [0.25, 0.3) is 0 Å². The minimum absolute atomic E-state index is 0.120. The molecule has 0 aromatic carbocycles. The number of aromatic nitrogens is 2. The molecule has 0 aliphatic heterocycles. The summed E-state index contributed by atoms with van der Waals surface area (Å²) in [5.41, 5.74) is -1.52. The van der Waals surface area contributed by atoms with Gasteiger partial charge in [0.15, 0.2) is 0 Å². The molecule has 1 heterocycles. The molecule has 0 saturated heterocycles. The molecular formula is C11H15N3O5. The first-order valence-electron chi connectivity index (χ1n) is 5.80. The summed E-state index contributed by atoms with van der Waals surface area (Å²) in [5, 5.41) is 2.48. The van der Waals surface area contributed by atoms with E-state index in [9.17, 15) is 19.2 Å². The maximum absolute atomic E-state index is 11.6. The van der Waals surface area contributed by atoms with Gasteiger partial charge in [0, 0.05) is 19.0 Å². The summed E-state index contributed by atoms with van der Waals surface area (Å²) in [6, 6.07) is 0.988. The zero-order valence-electron chi connectivity index (χ0n) is 10.4. The van der Waals surface area contributed by atoms with E-state index >= 15 is 0 Å². The Bertz CT molecular complexity index is 532. The Balaban J connectivity index is 2.41. The van der Waals surface area contributed by atoms with Crippen molar-refractivity contribution >= 4 is 11.9 Å². The number of amides is 1.